The Bertz CT molecular complexity index is 363. The molecule has 3 N–H and O–H groups in total. The Morgan fingerprint density at radius 1 is 1.37 bits per heavy atom. The van der Waals surface area contributed by atoms with Gasteiger partial charge in [0.1, 0.15) is 5.82 Å². The maximum Gasteiger partial charge on any atom is 0.202 e. The van der Waals surface area contributed by atoms with Gasteiger partial charge in [-0.05, 0) is 32.1 Å². The molecule has 0 unspecified atom stereocenters. The van der Waals surface area contributed by atoms with Crippen LogP contribution in [-0.4, -0.2) is 34.7 Å². The van der Waals surface area contributed by atoms with Crippen LogP contribution in [0.1, 0.15) is 44.9 Å². The van der Waals surface area contributed by atoms with E-state index in [2.05, 4.69) is 21.6 Å². The summed E-state index contributed by atoms with van der Waals surface area (Å²) in [6, 6.07) is 0.386. The monoisotopic (exact) mass is 284 g/mol. The van der Waals surface area contributed by atoms with Crippen LogP contribution in [0.3, 0.4) is 0 Å². The fraction of sp³-hybridized carbons (Fsp3) is 0.846. The maximum absolute atomic E-state index is 5.87. The van der Waals surface area contributed by atoms with Gasteiger partial charge in [0.25, 0.3) is 0 Å². The highest BCUT2D eigenvalue weighted by Crippen LogP contribution is 2.19. The van der Waals surface area contributed by atoms with Gasteiger partial charge in [-0.2, -0.15) is 4.37 Å². The van der Waals surface area contributed by atoms with E-state index < -0.39 is 0 Å². The lowest BCUT2D eigenvalue weighted by Crippen LogP contribution is -2.31. The summed E-state index contributed by atoms with van der Waals surface area (Å²) in [6.07, 6.45) is 6.82. The van der Waals surface area contributed by atoms with Crippen molar-refractivity contribution in [3.63, 3.8) is 0 Å². The highest BCUT2D eigenvalue weighted by molar-refractivity contribution is 7.09. The molecule has 0 aromatic carbocycles. The van der Waals surface area contributed by atoms with Crippen molar-refractivity contribution in [1.29, 1.82) is 0 Å². The number of nitrogens with two attached hydrogens (primary N) is 1. The third kappa shape index (κ3) is 5.04. The number of nitrogens with zero attached hydrogens (tertiary/aromatic N) is 2. The Kier molecular flexibility index (Phi) is 6.00. The largest absolute Gasteiger partial charge is 0.376 e. The summed E-state index contributed by atoms with van der Waals surface area (Å²) in [7, 11) is 0. The van der Waals surface area contributed by atoms with Crippen LogP contribution in [0.25, 0.3) is 0 Å². The van der Waals surface area contributed by atoms with Crippen LogP contribution >= 0.6 is 11.5 Å². The summed E-state index contributed by atoms with van der Waals surface area (Å²) < 4.78 is 10.1. The van der Waals surface area contributed by atoms with Crippen molar-refractivity contribution in [3.05, 3.63) is 5.82 Å². The molecule has 0 spiro atoms. The number of hydrogen-bond acceptors (Lipinski definition) is 6. The van der Waals surface area contributed by atoms with Gasteiger partial charge >= 0.3 is 0 Å². The topological polar surface area (TPSA) is 73.1 Å². The Hall–Kier alpha value is -0.720. The molecule has 2 rings (SSSR count). The minimum Gasteiger partial charge on any atom is -0.376 e. The molecule has 108 valence electrons. The van der Waals surface area contributed by atoms with Gasteiger partial charge in [-0.15, -0.1) is 0 Å². The lowest BCUT2D eigenvalue weighted by molar-refractivity contribution is 0.0313. The van der Waals surface area contributed by atoms with Crippen molar-refractivity contribution in [2.75, 3.05) is 18.5 Å². The Morgan fingerprint density at radius 2 is 2.16 bits per heavy atom. The molecule has 0 aliphatic heterocycles. The van der Waals surface area contributed by atoms with Crippen molar-refractivity contribution in [3.8, 4) is 0 Å². The van der Waals surface area contributed by atoms with Gasteiger partial charge in [0.15, 0.2) is 0 Å². The quantitative estimate of drug-likeness (QED) is 0.751. The Morgan fingerprint density at radius 3 is 2.89 bits per heavy atom. The van der Waals surface area contributed by atoms with E-state index in [4.69, 9.17) is 10.5 Å². The average Bonchev–Trinajstić information content (AvgIpc) is 2.85. The first kappa shape index (κ1) is 14.7. The molecule has 0 bridgehead atoms. The SMILES string of the molecule is CCCc1nsc(NCCOC2CCC(N)CC2)n1. The van der Waals surface area contributed by atoms with Gasteiger partial charge < -0.3 is 15.8 Å². The van der Waals surface area contributed by atoms with Gasteiger partial charge in [-0.1, -0.05) is 6.92 Å². The molecule has 1 aromatic heterocycles. The van der Waals surface area contributed by atoms with E-state index in [9.17, 15) is 0 Å². The molecule has 6 heteroatoms. The van der Waals surface area contributed by atoms with Crippen molar-refractivity contribution < 1.29 is 4.74 Å². The van der Waals surface area contributed by atoms with E-state index in [0.717, 1.165) is 62.6 Å². The fourth-order valence-corrected chi connectivity index (χ4v) is 2.93. The summed E-state index contributed by atoms with van der Waals surface area (Å²) >= 11 is 1.43. The van der Waals surface area contributed by atoms with Gasteiger partial charge in [0.2, 0.25) is 5.13 Å². The molecule has 1 aromatic rings. The minimum absolute atomic E-state index is 0.386. The highest BCUT2D eigenvalue weighted by Gasteiger charge is 2.18. The fourth-order valence-electron chi connectivity index (χ4n) is 2.29. The third-order valence-corrected chi connectivity index (χ3v) is 4.10. The summed E-state index contributed by atoms with van der Waals surface area (Å²) in [5, 5.41) is 4.17. The predicted molar refractivity (Wildman–Crippen MR) is 78.6 cm³/mol. The molecule has 0 radical (unpaired) electrons. The normalized spacial score (nSPS) is 23.5. The van der Waals surface area contributed by atoms with E-state index in [1.165, 1.54) is 11.5 Å². The second-order valence-electron chi connectivity index (χ2n) is 5.10. The first-order valence-electron chi connectivity index (χ1n) is 7.21. The number of rotatable bonds is 7. The van der Waals surface area contributed by atoms with E-state index in [0.29, 0.717) is 12.1 Å². The first-order valence-corrected chi connectivity index (χ1v) is 7.99. The van der Waals surface area contributed by atoms with Gasteiger partial charge in [-0.25, -0.2) is 4.98 Å². The molecule has 1 heterocycles. The molecule has 0 saturated heterocycles. The second-order valence-corrected chi connectivity index (χ2v) is 5.85. The Balaban J connectivity index is 1.58. The van der Waals surface area contributed by atoms with Gasteiger partial charge in [0.05, 0.1) is 12.7 Å². The number of aromatic nitrogens is 2. The van der Waals surface area contributed by atoms with E-state index >= 15 is 0 Å². The molecular weight excluding hydrogens is 260 g/mol. The highest BCUT2D eigenvalue weighted by atomic mass is 32.1. The molecule has 5 nitrogen and oxygen atoms in total. The molecule has 1 fully saturated rings. The van der Waals surface area contributed by atoms with E-state index in [1.807, 2.05) is 0 Å². The van der Waals surface area contributed by atoms with Crippen LogP contribution in [0.2, 0.25) is 0 Å². The summed E-state index contributed by atoms with van der Waals surface area (Å²) in [5.41, 5.74) is 5.87. The predicted octanol–water partition coefficient (Wildman–Crippen LogP) is 2.19. The van der Waals surface area contributed by atoms with E-state index in [-0.39, 0.29) is 0 Å². The smallest absolute Gasteiger partial charge is 0.202 e. The molecule has 1 saturated carbocycles. The van der Waals surface area contributed by atoms with E-state index in [1.54, 1.807) is 0 Å². The Labute approximate surface area is 119 Å². The van der Waals surface area contributed by atoms with Crippen molar-refractivity contribution in [2.24, 2.45) is 5.73 Å². The number of aryl methyl sites for hydroxylation is 1. The van der Waals surface area contributed by atoms with Gasteiger partial charge in [-0.3, -0.25) is 0 Å². The zero-order valence-corrected chi connectivity index (χ0v) is 12.4. The number of ether oxygens (including phenoxy) is 1. The summed E-state index contributed by atoms with van der Waals surface area (Å²) in [4.78, 5) is 4.42. The summed E-state index contributed by atoms with van der Waals surface area (Å²) in [6.45, 7) is 3.66. The van der Waals surface area contributed by atoms with Crippen molar-refractivity contribution in [2.45, 2.75) is 57.6 Å². The average molecular weight is 284 g/mol. The molecule has 0 amide bonds. The maximum atomic E-state index is 5.87. The van der Waals surface area contributed by atoms with Crippen LogP contribution in [0.5, 0.6) is 0 Å². The second kappa shape index (κ2) is 7.77. The van der Waals surface area contributed by atoms with Crippen LogP contribution in [0.15, 0.2) is 0 Å². The molecular formula is C13H24N4OS. The van der Waals surface area contributed by atoms with Crippen molar-refractivity contribution >= 4 is 16.7 Å². The standard InChI is InChI=1S/C13H24N4OS/c1-2-3-12-16-13(19-17-12)15-8-9-18-11-6-4-10(14)5-7-11/h10-11H,2-9,14H2,1H3,(H,15,16,17). The minimum atomic E-state index is 0.386. The van der Waals surface area contributed by atoms with Crippen molar-refractivity contribution in [1.82, 2.24) is 9.36 Å². The molecule has 0 atom stereocenters. The number of nitrogens with one attached hydrogen (secondary N) is 1. The lowest BCUT2D eigenvalue weighted by atomic mass is 9.94. The van der Waals surface area contributed by atoms with Crippen LogP contribution < -0.4 is 11.1 Å². The van der Waals surface area contributed by atoms with Crippen LogP contribution in [-0.2, 0) is 11.2 Å². The number of anilines is 1. The molecule has 19 heavy (non-hydrogen) atoms. The molecule has 1 aliphatic rings. The number of hydrogen-bond donors (Lipinski definition) is 2. The van der Waals surface area contributed by atoms with Crippen LogP contribution in [0, 0.1) is 0 Å². The van der Waals surface area contributed by atoms with Crippen LogP contribution in [0.4, 0.5) is 5.13 Å². The zero-order valence-electron chi connectivity index (χ0n) is 11.6. The summed E-state index contributed by atoms with van der Waals surface area (Å²) in [5.74, 6) is 0.942. The molecule has 1 aliphatic carbocycles. The zero-order chi connectivity index (χ0) is 13.5. The van der Waals surface area contributed by atoms with Gasteiger partial charge in [0, 0.05) is 30.5 Å². The third-order valence-electron chi connectivity index (χ3n) is 3.39. The first-order chi connectivity index (χ1) is 9.28. The lowest BCUT2D eigenvalue weighted by Gasteiger charge is -2.26.